The number of ether oxygens (including phenoxy) is 3. The number of amides is 2. The quantitative estimate of drug-likeness (QED) is 0.241. The highest BCUT2D eigenvalue weighted by Gasteiger charge is 2.29. The molecule has 0 spiro atoms. The fourth-order valence-corrected chi connectivity index (χ4v) is 5.12. The molecule has 0 aliphatic heterocycles. The molecule has 4 N–H and O–H groups in total. The molecule has 1 aromatic heterocycles. The van der Waals surface area contributed by atoms with Gasteiger partial charge in [0.1, 0.15) is 6.33 Å². The van der Waals surface area contributed by atoms with Gasteiger partial charge in [-0.2, -0.15) is 10.1 Å². The molecule has 12 nitrogen and oxygen atoms in total. The number of aromatic amines is 1. The van der Waals surface area contributed by atoms with Gasteiger partial charge in [0.2, 0.25) is 28.9 Å². The van der Waals surface area contributed by atoms with Crippen molar-refractivity contribution in [3.63, 3.8) is 0 Å². The molecule has 0 saturated heterocycles. The van der Waals surface area contributed by atoms with Gasteiger partial charge in [0, 0.05) is 25.5 Å². The summed E-state index contributed by atoms with van der Waals surface area (Å²) in [6.45, 7) is 2.03. The summed E-state index contributed by atoms with van der Waals surface area (Å²) >= 11 is 0. The number of aryl methyl sites for hydroxylation is 1. The lowest BCUT2D eigenvalue weighted by Gasteiger charge is -2.19. The lowest BCUT2D eigenvalue weighted by Crippen LogP contribution is -2.26. The number of carbonyl (C=O) groups is 2. The van der Waals surface area contributed by atoms with Crippen LogP contribution in [0.25, 0.3) is 11.1 Å². The minimum atomic E-state index is -0.368. The Kier molecular flexibility index (Phi) is 9.77. The predicted octanol–water partition coefficient (Wildman–Crippen LogP) is 3.59. The number of hydrogen-bond acceptors (Lipinski definition) is 9. The second-order valence-corrected chi connectivity index (χ2v) is 9.72. The molecule has 12 heteroatoms. The van der Waals surface area contributed by atoms with Crippen LogP contribution in [0, 0.1) is 0 Å². The van der Waals surface area contributed by atoms with Crippen molar-refractivity contribution < 1.29 is 23.8 Å². The molecule has 218 valence electrons. The predicted molar refractivity (Wildman–Crippen MR) is 155 cm³/mol. The smallest absolute Gasteiger partial charge is 0.226 e. The van der Waals surface area contributed by atoms with Crippen LogP contribution in [-0.2, 0) is 16.0 Å². The van der Waals surface area contributed by atoms with Crippen molar-refractivity contribution in [1.29, 1.82) is 0 Å². The zero-order valence-corrected chi connectivity index (χ0v) is 23.8. The Balaban J connectivity index is 1.56. The SMILES string of the molecule is COc1cc2c(c(OC)c1OC)-c1ccc(NCCCCCC(=O)Nc3ncn[nH]3)c(=O)cc1C(NC(C)=O)CC2. The second kappa shape index (κ2) is 13.6. The number of nitrogens with one attached hydrogen (secondary N) is 4. The first-order valence-corrected chi connectivity index (χ1v) is 13.5. The van der Waals surface area contributed by atoms with Gasteiger partial charge < -0.3 is 24.8 Å². The monoisotopic (exact) mass is 564 g/mol. The topological polar surface area (TPSA) is 157 Å². The molecule has 3 aromatic rings. The highest BCUT2D eigenvalue weighted by atomic mass is 16.5. The summed E-state index contributed by atoms with van der Waals surface area (Å²) in [7, 11) is 4.69. The molecule has 1 aliphatic rings. The van der Waals surface area contributed by atoms with E-state index in [9.17, 15) is 14.4 Å². The lowest BCUT2D eigenvalue weighted by molar-refractivity contribution is -0.119. The third-order valence-corrected chi connectivity index (χ3v) is 6.98. The van der Waals surface area contributed by atoms with E-state index in [0.717, 1.165) is 29.5 Å². The lowest BCUT2D eigenvalue weighted by atomic mass is 9.95. The normalized spacial score (nSPS) is 13.7. The molecule has 2 aromatic carbocycles. The number of anilines is 2. The number of fused-ring (bicyclic) bond motifs is 3. The molecule has 2 amide bonds. The van der Waals surface area contributed by atoms with Gasteiger partial charge in [0.15, 0.2) is 11.5 Å². The van der Waals surface area contributed by atoms with E-state index in [2.05, 4.69) is 31.1 Å². The van der Waals surface area contributed by atoms with Gasteiger partial charge >= 0.3 is 0 Å². The zero-order valence-electron chi connectivity index (χ0n) is 23.8. The highest BCUT2D eigenvalue weighted by Crippen LogP contribution is 2.50. The molecular formula is C29H36N6O6. The van der Waals surface area contributed by atoms with Crippen LogP contribution in [0.1, 0.15) is 56.2 Å². The molecular weight excluding hydrogens is 528 g/mol. The van der Waals surface area contributed by atoms with E-state index in [1.807, 2.05) is 12.1 Å². The van der Waals surface area contributed by atoms with E-state index < -0.39 is 0 Å². The van der Waals surface area contributed by atoms with Crippen LogP contribution in [0.5, 0.6) is 17.2 Å². The molecule has 41 heavy (non-hydrogen) atoms. The van der Waals surface area contributed by atoms with Crippen LogP contribution in [-0.4, -0.2) is 54.9 Å². The van der Waals surface area contributed by atoms with Gasteiger partial charge in [-0.05, 0) is 60.6 Å². The number of rotatable bonds is 12. The van der Waals surface area contributed by atoms with Crippen molar-refractivity contribution in [3.05, 3.63) is 51.9 Å². The zero-order chi connectivity index (χ0) is 29.4. The fraction of sp³-hybridized carbons (Fsp3) is 0.414. The summed E-state index contributed by atoms with van der Waals surface area (Å²) in [6.07, 6.45) is 5.19. The van der Waals surface area contributed by atoms with Crippen LogP contribution < -0.4 is 35.6 Å². The van der Waals surface area contributed by atoms with Crippen molar-refractivity contribution in [1.82, 2.24) is 20.5 Å². The summed E-state index contributed by atoms with van der Waals surface area (Å²) in [5.74, 6) is 1.53. The first-order chi connectivity index (χ1) is 19.9. The summed E-state index contributed by atoms with van der Waals surface area (Å²) in [5.41, 5.74) is 3.52. The number of unbranched alkanes of at least 4 members (excludes halogenated alkanes) is 2. The standard InChI is InChI=1S/C29H36N6O6/c1-17(36)33-21-11-9-18-14-24(39-2)27(40-3)28(41-4)26(18)19-10-12-22(23(37)15-20(19)21)30-13-7-5-6-8-25(38)34-29-31-16-32-35-29/h10,12,14-16,21H,5-9,11,13H2,1-4H3,(H,30,37)(H,33,36)(H2,31,32,34,35,38). The minimum Gasteiger partial charge on any atom is -0.493 e. The van der Waals surface area contributed by atoms with Gasteiger partial charge in [-0.15, -0.1) is 0 Å². The number of carbonyl (C=O) groups excluding carboxylic acids is 2. The third kappa shape index (κ3) is 6.94. The van der Waals surface area contributed by atoms with E-state index >= 15 is 0 Å². The minimum absolute atomic E-state index is 0.133. The first kappa shape index (κ1) is 29.4. The van der Waals surface area contributed by atoms with Crippen LogP contribution in [0.4, 0.5) is 11.6 Å². The van der Waals surface area contributed by atoms with Gasteiger partial charge in [0.05, 0.1) is 33.1 Å². The average molecular weight is 565 g/mol. The summed E-state index contributed by atoms with van der Waals surface area (Å²) in [5, 5.41) is 15.2. The van der Waals surface area contributed by atoms with E-state index in [1.165, 1.54) is 13.3 Å². The third-order valence-electron chi connectivity index (χ3n) is 6.98. The molecule has 0 saturated carbocycles. The molecule has 1 atom stereocenters. The number of nitrogens with zero attached hydrogens (tertiary/aromatic N) is 2. The number of H-pyrrole nitrogens is 1. The summed E-state index contributed by atoms with van der Waals surface area (Å²) in [6, 6.07) is 6.81. The van der Waals surface area contributed by atoms with Gasteiger partial charge in [-0.25, -0.2) is 5.10 Å². The van der Waals surface area contributed by atoms with Crippen LogP contribution in [0.2, 0.25) is 0 Å². The van der Waals surface area contributed by atoms with Gasteiger partial charge in [-0.1, -0.05) is 12.5 Å². The van der Waals surface area contributed by atoms with Crippen molar-refractivity contribution >= 4 is 23.5 Å². The summed E-state index contributed by atoms with van der Waals surface area (Å²) in [4.78, 5) is 41.3. The van der Waals surface area contributed by atoms with E-state index in [0.29, 0.717) is 66.7 Å². The molecule has 0 fully saturated rings. The second-order valence-electron chi connectivity index (χ2n) is 9.72. The van der Waals surface area contributed by atoms with Gasteiger partial charge in [-0.3, -0.25) is 19.7 Å². The van der Waals surface area contributed by atoms with Crippen molar-refractivity contribution in [2.45, 2.75) is 51.5 Å². The van der Waals surface area contributed by atoms with E-state index in [1.54, 1.807) is 33.5 Å². The maximum absolute atomic E-state index is 13.4. The molecule has 1 aliphatic carbocycles. The Morgan fingerprint density at radius 2 is 1.85 bits per heavy atom. The molecule has 0 bridgehead atoms. The Morgan fingerprint density at radius 3 is 2.54 bits per heavy atom. The Hall–Kier alpha value is -4.61. The Labute approximate surface area is 238 Å². The molecule has 4 rings (SSSR count). The van der Waals surface area contributed by atoms with Crippen molar-refractivity contribution in [2.75, 3.05) is 38.5 Å². The summed E-state index contributed by atoms with van der Waals surface area (Å²) < 4.78 is 17.0. The molecule has 1 unspecified atom stereocenters. The first-order valence-electron chi connectivity index (χ1n) is 13.5. The largest absolute Gasteiger partial charge is 0.493 e. The van der Waals surface area contributed by atoms with Crippen LogP contribution >= 0.6 is 0 Å². The van der Waals surface area contributed by atoms with E-state index in [-0.39, 0.29) is 23.3 Å². The van der Waals surface area contributed by atoms with Crippen LogP contribution in [0.15, 0.2) is 35.4 Å². The number of methoxy groups -OCH3 is 3. The maximum atomic E-state index is 13.4. The van der Waals surface area contributed by atoms with E-state index in [4.69, 9.17) is 14.2 Å². The van der Waals surface area contributed by atoms with Crippen molar-refractivity contribution in [3.8, 4) is 28.4 Å². The Bertz CT molecular complexity index is 1440. The number of hydrogen-bond donors (Lipinski definition) is 4. The molecule has 0 radical (unpaired) electrons. The highest BCUT2D eigenvalue weighted by molar-refractivity contribution is 5.88. The number of aromatic nitrogens is 3. The van der Waals surface area contributed by atoms with Crippen molar-refractivity contribution in [2.24, 2.45) is 0 Å². The maximum Gasteiger partial charge on any atom is 0.226 e. The van der Waals surface area contributed by atoms with Gasteiger partial charge in [0.25, 0.3) is 0 Å². The van der Waals surface area contributed by atoms with Crippen LogP contribution in [0.3, 0.4) is 0 Å². The fourth-order valence-electron chi connectivity index (χ4n) is 5.12. The average Bonchev–Trinajstić information content (AvgIpc) is 3.35. The molecule has 1 heterocycles. The number of benzene rings is 1. The Morgan fingerprint density at radius 1 is 1.05 bits per heavy atom.